The van der Waals surface area contributed by atoms with Gasteiger partial charge in [0, 0.05) is 31.0 Å². The summed E-state index contributed by atoms with van der Waals surface area (Å²) >= 11 is 0. The number of carboxylic acids is 1. The largest absolute Gasteiger partial charge is 0.481 e. The molecule has 0 saturated carbocycles. The summed E-state index contributed by atoms with van der Waals surface area (Å²) in [5.41, 5.74) is 16.2. The number of primary amides is 1. The fourth-order valence-corrected chi connectivity index (χ4v) is 6.68. The lowest BCUT2D eigenvalue weighted by Crippen LogP contribution is -2.59. The summed E-state index contributed by atoms with van der Waals surface area (Å²) in [5.74, 6) is -6.21. The van der Waals surface area contributed by atoms with E-state index in [9.17, 15) is 38.7 Å². The molecule has 0 aromatic heterocycles. The van der Waals surface area contributed by atoms with Gasteiger partial charge in [0.1, 0.15) is 24.2 Å². The number of carbonyl (C=O) groups is 7. The van der Waals surface area contributed by atoms with Crippen LogP contribution in [0.1, 0.15) is 40.0 Å². The van der Waals surface area contributed by atoms with Gasteiger partial charge < -0.3 is 48.5 Å². The molecule has 0 spiro atoms. The average Bonchev–Trinajstić information content (AvgIpc) is 2.87. The number of aliphatic imine (C=N–C) groups is 1. The first kappa shape index (κ1) is 36.3. The highest BCUT2D eigenvalue weighted by Gasteiger charge is 2.39. The van der Waals surface area contributed by atoms with Gasteiger partial charge in [-0.25, -0.2) is 0 Å². The second-order valence-electron chi connectivity index (χ2n) is 9.92. The molecule has 1 aliphatic rings. The van der Waals surface area contributed by atoms with E-state index in [0.29, 0.717) is 0 Å². The maximum absolute atomic E-state index is 13.5. The molecule has 1 rings (SSSR count). The Hall–Kier alpha value is -3.74. The number of nitrogens with two attached hydrogens (primary N) is 3. The number of guanidine groups is 1. The first-order valence-electron chi connectivity index (χ1n) is 12.7. The predicted octanol–water partition coefficient (Wildman–Crippen LogP) is -3.41. The van der Waals surface area contributed by atoms with E-state index in [4.69, 9.17) is 17.2 Å². The van der Waals surface area contributed by atoms with Gasteiger partial charge in [0.15, 0.2) is 5.96 Å². The second kappa shape index (κ2) is 16.6. The molecule has 1 fully saturated rings. The molecule has 6 amide bonds. The van der Waals surface area contributed by atoms with E-state index < -0.39 is 83.3 Å². The summed E-state index contributed by atoms with van der Waals surface area (Å²) in [6.07, 6.45) is -0.459. The lowest BCUT2D eigenvalue weighted by Gasteiger charge is -2.33. The smallest absolute Gasteiger partial charge is 0.305 e. The minimum Gasteiger partial charge on any atom is -0.481 e. The normalized spacial score (nSPS) is 24.3. The molecule has 0 aromatic carbocycles. The predicted molar refractivity (Wildman–Crippen MR) is 157 cm³/mol. The first-order chi connectivity index (χ1) is 19.5. The summed E-state index contributed by atoms with van der Waals surface area (Å²) in [4.78, 5) is 92.9. The summed E-state index contributed by atoms with van der Waals surface area (Å²) in [6.45, 7) is 3.89. The zero-order chi connectivity index (χ0) is 32.2. The Morgan fingerprint density at radius 3 is 2.31 bits per heavy atom. The number of carbonyl (C=O) groups excluding carboxylic acids is 6. The Kier molecular flexibility index (Phi) is 14.4. The fraction of sp³-hybridized carbons (Fsp3) is 0.652. The number of hydrogen-bond donors (Lipinski definition) is 8. The van der Waals surface area contributed by atoms with Crippen LogP contribution in [-0.4, -0.2) is 112 Å². The molecule has 1 aliphatic heterocycles. The van der Waals surface area contributed by atoms with Crippen molar-refractivity contribution in [2.75, 3.05) is 25.9 Å². The van der Waals surface area contributed by atoms with Gasteiger partial charge in [0.05, 0.1) is 13.0 Å². The summed E-state index contributed by atoms with van der Waals surface area (Å²) in [5, 5.41) is 18.9. The minimum absolute atomic E-state index is 0.000296. The molecule has 11 N–H and O–H groups in total. The number of nitrogens with one attached hydrogen (secondary N) is 4. The molecule has 4 atom stereocenters. The Morgan fingerprint density at radius 2 is 1.76 bits per heavy atom. The molecule has 1 saturated heterocycles. The summed E-state index contributed by atoms with van der Waals surface area (Å²) in [7, 11) is 3.56. The topological polar surface area (TPSA) is 282 Å². The maximum atomic E-state index is 13.5. The highest BCUT2D eigenvalue weighted by molar-refractivity contribution is 8.77. The molecule has 0 aliphatic carbocycles. The maximum Gasteiger partial charge on any atom is 0.305 e. The van der Waals surface area contributed by atoms with Crippen LogP contribution in [-0.2, 0) is 33.6 Å². The fourth-order valence-electron chi connectivity index (χ4n) is 3.86. The lowest BCUT2D eigenvalue weighted by atomic mass is 10.0. The monoisotopic (exact) mass is 633 g/mol. The molecule has 0 radical (unpaired) electrons. The van der Waals surface area contributed by atoms with Crippen molar-refractivity contribution in [3.05, 3.63) is 0 Å². The Labute approximate surface area is 250 Å². The summed E-state index contributed by atoms with van der Waals surface area (Å²) < 4.78 is -1.10. The molecule has 236 valence electrons. The van der Waals surface area contributed by atoms with Crippen LogP contribution < -0.4 is 38.5 Å². The third-order valence-corrected chi connectivity index (χ3v) is 9.25. The second-order valence-corrected chi connectivity index (χ2v) is 12.9. The molecule has 0 bridgehead atoms. The van der Waals surface area contributed by atoms with E-state index in [-0.39, 0.29) is 31.1 Å². The van der Waals surface area contributed by atoms with Gasteiger partial charge in [-0.3, -0.25) is 38.6 Å². The molecule has 19 heteroatoms. The zero-order valence-electron chi connectivity index (χ0n) is 23.8. The van der Waals surface area contributed by atoms with Crippen LogP contribution in [0.3, 0.4) is 0 Å². The minimum atomic E-state index is -1.60. The van der Waals surface area contributed by atoms with Crippen LogP contribution in [0.25, 0.3) is 0 Å². The van der Waals surface area contributed by atoms with Crippen molar-refractivity contribution in [2.24, 2.45) is 22.2 Å². The van der Waals surface area contributed by atoms with Gasteiger partial charge in [-0.05, 0) is 26.7 Å². The standard InChI is InChI=1S/C23H39N9O8S2/c1-11(33)29-13-10-41-42-23(2,3)17(18(24)37)31-19(38)12(8-16(35)36)30-15(34)9-28-20(39)14(32(4)21(13)40)6-5-7-27-22(25)26/h12-14,17H,5-10H2,1-4H3,(H2,24,37)(H,28,39)(H,29,33)(H,30,34)(H,31,38)(H,35,36)(H4,25,26,27)/t12-,13-,14-,17+/m0/s1. The van der Waals surface area contributed by atoms with Crippen LogP contribution >= 0.6 is 21.6 Å². The molecule has 1 heterocycles. The van der Waals surface area contributed by atoms with E-state index in [0.717, 1.165) is 26.5 Å². The molecule has 0 unspecified atom stereocenters. The molecular formula is C23H39N9O8S2. The number of rotatable bonds is 8. The highest BCUT2D eigenvalue weighted by Crippen LogP contribution is 2.38. The van der Waals surface area contributed by atoms with E-state index in [1.54, 1.807) is 13.8 Å². The van der Waals surface area contributed by atoms with Crippen molar-refractivity contribution >= 4 is 69.0 Å². The van der Waals surface area contributed by atoms with Crippen molar-refractivity contribution in [1.82, 2.24) is 26.2 Å². The van der Waals surface area contributed by atoms with Crippen molar-refractivity contribution in [2.45, 2.75) is 68.9 Å². The SMILES string of the molecule is CC(=O)N[C@H]1CSSC(C)(C)[C@@H](C(N)=O)NC(=O)[C@H](CC(=O)O)NC(=O)CNC(=O)[C@H](CCCN=C(N)N)N(C)C1=O. The van der Waals surface area contributed by atoms with Crippen LogP contribution in [0.5, 0.6) is 0 Å². The van der Waals surface area contributed by atoms with Gasteiger partial charge >= 0.3 is 5.97 Å². The highest BCUT2D eigenvalue weighted by atomic mass is 33.1. The van der Waals surface area contributed by atoms with E-state index in [2.05, 4.69) is 26.3 Å². The third kappa shape index (κ3) is 12.0. The average molecular weight is 634 g/mol. The van der Waals surface area contributed by atoms with Crippen molar-refractivity contribution in [3.8, 4) is 0 Å². The van der Waals surface area contributed by atoms with E-state index in [1.165, 1.54) is 14.0 Å². The van der Waals surface area contributed by atoms with Crippen molar-refractivity contribution < 1.29 is 38.7 Å². The number of amides is 6. The van der Waals surface area contributed by atoms with Gasteiger partial charge in [-0.1, -0.05) is 21.6 Å². The van der Waals surface area contributed by atoms with Crippen LogP contribution in [0, 0.1) is 0 Å². The first-order valence-corrected chi connectivity index (χ1v) is 15.1. The molecular weight excluding hydrogens is 594 g/mol. The van der Waals surface area contributed by atoms with Crippen LogP contribution in [0.2, 0.25) is 0 Å². The number of nitrogens with zero attached hydrogens (tertiary/aromatic N) is 2. The van der Waals surface area contributed by atoms with Gasteiger partial charge in [-0.15, -0.1) is 0 Å². The molecule has 42 heavy (non-hydrogen) atoms. The summed E-state index contributed by atoms with van der Waals surface area (Å²) in [6, 6.07) is -5.12. The number of carboxylic acid groups (broad SMARTS) is 1. The van der Waals surface area contributed by atoms with E-state index >= 15 is 0 Å². The van der Waals surface area contributed by atoms with Crippen LogP contribution in [0.4, 0.5) is 0 Å². The van der Waals surface area contributed by atoms with Gasteiger partial charge in [0.2, 0.25) is 35.4 Å². The van der Waals surface area contributed by atoms with E-state index in [1.807, 2.05) is 0 Å². The number of aliphatic carboxylic acids is 1. The van der Waals surface area contributed by atoms with Crippen LogP contribution in [0.15, 0.2) is 4.99 Å². The molecule has 17 nitrogen and oxygen atoms in total. The van der Waals surface area contributed by atoms with Crippen molar-refractivity contribution in [1.29, 1.82) is 0 Å². The third-order valence-electron chi connectivity index (χ3n) is 5.95. The zero-order valence-corrected chi connectivity index (χ0v) is 25.4. The Balaban J connectivity index is 3.46. The van der Waals surface area contributed by atoms with Crippen molar-refractivity contribution in [3.63, 3.8) is 0 Å². The van der Waals surface area contributed by atoms with Gasteiger partial charge in [-0.2, -0.15) is 0 Å². The number of likely N-dealkylation sites (N-methyl/N-ethyl adjacent to an activating group) is 1. The lowest BCUT2D eigenvalue weighted by molar-refractivity contribution is -0.142. The Morgan fingerprint density at radius 1 is 1.12 bits per heavy atom. The quantitative estimate of drug-likeness (QED) is 0.0562. The Bertz CT molecular complexity index is 1080. The molecule has 0 aromatic rings. The number of hydrogen-bond acceptors (Lipinski definition) is 10. The van der Waals surface area contributed by atoms with Gasteiger partial charge in [0.25, 0.3) is 0 Å².